The summed E-state index contributed by atoms with van der Waals surface area (Å²) in [6.45, 7) is 8.76. The van der Waals surface area contributed by atoms with Crippen LogP contribution in [0.5, 0.6) is 0 Å². The SMILES string of the molecule is Cc1ccc(C)c(-c2cc(CNC(C)C)c(=O)[nH]n2)c1. The molecule has 0 aliphatic carbocycles. The highest BCUT2D eigenvalue weighted by atomic mass is 16.1. The van der Waals surface area contributed by atoms with E-state index < -0.39 is 0 Å². The Kier molecular flexibility index (Phi) is 4.35. The summed E-state index contributed by atoms with van der Waals surface area (Å²) < 4.78 is 0. The number of nitrogens with one attached hydrogen (secondary N) is 2. The van der Waals surface area contributed by atoms with Crippen LogP contribution in [0.25, 0.3) is 11.3 Å². The zero-order valence-electron chi connectivity index (χ0n) is 12.4. The minimum atomic E-state index is -0.132. The minimum absolute atomic E-state index is 0.132. The van der Waals surface area contributed by atoms with Gasteiger partial charge in [-0.25, -0.2) is 5.10 Å². The molecule has 0 atom stereocenters. The van der Waals surface area contributed by atoms with E-state index in [9.17, 15) is 4.79 Å². The summed E-state index contributed by atoms with van der Waals surface area (Å²) in [5.41, 5.74) is 4.79. The van der Waals surface area contributed by atoms with Gasteiger partial charge >= 0.3 is 0 Å². The fourth-order valence-electron chi connectivity index (χ4n) is 2.04. The maximum Gasteiger partial charge on any atom is 0.268 e. The van der Waals surface area contributed by atoms with Gasteiger partial charge in [-0.15, -0.1) is 0 Å². The van der Waals surface area contributed by atoms with Gasteiger partial charge in [0, 0.05) is 23.7 Å². The highest BCUT2D eigenvalue weighted by Crippen LogP contribution is 2.22. The Labute approximate surface area is 119 Å². The van der Waals surface area contributed by atoms with Crippen LogP contribution in [0.4, 0.5) is 0 Å². The standard InChI is InChI=1S/C16H21N3O/c1-10(2)17-9-13-8-15(18-19-16(13)20)14-7-11(3)5-6-12(14)4/h5-8,10,17H,9H2,1-4H3,(H,19,20). The molecule has 2 aromatic rings. The van der Waals surface area contributed by atoms with Crippen LogP contribution < -0.4 is 10.9 Å². The molecule has 0 aliphatic rings. The van der Waals surface area contributed by atoms with Gasteiger partial charge in [-0.1, -0.05) is 31.5 Å². The third-order valence-corrected chi connectivity index (χ3v) is 3.25. The van der Waals surface area contributed by atoms with Gasteiger partial charge in [0.2, 0.25) is 0 Å². The van der Waals surface area contributed by atoms with Crippen molar-refractivity contribution in [2.24, 2.45) is 0 Å². The smallest absolute Gasteiger partial charge is 0.268 e. The van der Waals surface area contributed by atoms with Gasteiger partial charge in [-0.2, -0.15) is 5.10 Å². The van der Waals surface area contributed by atoms with E-state index in [0.29, 0.717) is 18.2 Å². The van der Waals surface area contributed by atoms with E-state index in [1.807, 2.05) is 13.0 Å². The van der Waals surface area contributed by atoms with Crippen molar-refractivity contribution in [3.63, 3.8) is 0 Å². The van der Waals surface area contributed by atoms with E-state index in [2.05, 4.69) is 54.5 Å². The van der Waals surface area contributed by atoms with Crippen LogP contribution in [0.1, 0.15) is 30.5 Å². The molecule has 1 aromatic carbocycles. The van der Waals surface area contributed by atoms with Crippen LogP contribution in [0.15, 0.2) is 29.1 Å². The molecule has 0 bridgehead atoms. The summed E-state index contributed by atoms with van der Waals surface area (Å²) in [6, 6.07) is 8.45. The molecule has 0 fully saturated rings. The molecule has 4 nitrogen and oxygen atoms in total. The molecule has 0 unspecified atom stereocenters. The third-order valence-electron chi connectivity index (χ3n) is 3.25. The summed E-state index contributed by atoms with van der Waals surface area (Å²) in [4.78, 5) is 11.8. The molecule has 0 amide bonds. The number of aromatic nitrogens is 2. The molecule has 1 heterocycles. The van der Waals surface area contributed by atoms with E-state index >= 15 is 0 Å². The van der Waals surface area contributed by atoms with Crippen molar-refractivity contribution >= 4 is 0 Å². The Morgan fingerprint density at radius 2 is 2.00 bits per heavy atom. The molecule has 2 rings (SSSR count). The lowest BCUT2D eigenvalue weighted by atomic mass is 10.0. The average molecular weight is 271 g/mol. The highest BCUT2D eigenvalue weighted by Gasteiger charge is 2.08. The van der Waals surface area contributed by atoms with E-state index in [-0.39, 0.29) is 5.56 Å². The van der Waals surface area contributed by atoms with Crippen LogP contribution >= 0.6 is 0 Å². The Balaban J connectivity index is 2.40. The topological polar surface area (TPSA) is 57.8 Å². The second kappa shape index (κ2) is 6.01. The first-order valence-electron chi connectivity index (χ1n) is 6.87. The van der Waals surface area contributed by atoms with Crippen molar-refractivity contribution < 1.29 is 0 Å². The van der Waals surface area contributed by atoms with E-state index in [1.165, 1.54) is 5.56 Å². The summed E-state index contributed by atoms with van der Waals surface area (Å²) in [7, 11) is 0. The second-order valence-corrected chi connectivity index (χ2v) is 5.46. The lowest BCUT2D eigenvalue weighted by molar-refractivity contribution is 0.585. The largest absolute Gasteiger partial charge is 0.310 e. The Morgan fingerprint density at radius 3 is 2.70 bits per heavy atom. The average Bonchev–Trinajstić information content (AvgIpc) is 2.40. The molecular weight excluding hydrogens is 250 g/mol. The summed E-state index contributed by atoms with van der Waals surface area (Å²) >= 11 is 0. The number of nitrogens with zero attached hydrogens (tertiary/aromatic N) is 1. The first-order chi connectivity index (χ1) is 9.47. The van der Waals surface area contributed by atoms with Crippen LogP contribution in [0.2, 0.25) is 0 Å². The lowest BCUT2D eigenvalue weighted by Gasteiger charge is -2.10. The number of hydrogen-bond donors (Lipinski definition) is 2. The Hall–Kier alpha value is -1.94. The van der Waals surface area contributed by atoms with Crippen LogP contribution in [-0.2, 0) is 6.54 Å². The maximum atomic E-state index is 11.8. The highest BCUT2D eigenvalue weighted by molar-refractivity contribution is 5.64. The molecule has 0 radical (unpaired) electrons. The first kappa shape index (κ1) is 14.5. The zero-order valence-corrected chi connectivity index (χ0v) is 12.4. The molecule has 4 heteroatoms. The molecule has 0 spiro atoms. The molecule has 0 saturated carbocycles. The van der Waals surface area contributed by atoms with Gasteiger partial charge in [0.25, 0.3) is 5.56 Å². The van der Waals surface area contributed by atoms with Crippen molar-refractivity contribution in [1.82, 2.24) is 15.5 Å². The first-order valence-corrected chi connectivity index (χ1v) is 6.87. The molecule has 0 saturated heterocycles. The van der Waals surface area contributed by atoms with Crippen molar-refractivity contribution in [3.05, 3.63) is 51.3 Å². The minimum Gasteiger partial charge on any atom is -0.310 e. The monoisotopic (exact) mass is 271 g/mol. The Morgan fingerprint density at radius 1 is 1.25 bits per heavy atom. The van der Waals surface area contributed by atoms with E-state index in [1.54, 1.807) is 0 Å². The van der Waals surface area contributed by atoms with Crippen molar-refractivity contribution in [1.29, 1.82) is 0 Å². The van der Waals surface area contributed by atoms with Gasteiger partial charge in [0.05, 0.1) is 5.69 Å². The van der Waals surface area contributed by atoms with Crippen molar-refractivity contribution in [2.45, 2.75) is 40.3 Å². The van der Waals surface area contributed by atoms with E-state index in [0.717, 1.165) is 16.8 Å². The number of aromatic amines is 1. The second-order valence-electron chi connectivity index (χ2n) is 5.46. The predicted octanol–water partition coefficient (Wildman–Crippen LogP) is 2.55. The lowest BCUT2D eigenvalue weighted by Crippen LogP contribution is -2.26. The summed E-state index contributed by atoms with van der Waals surface area (Å²) in [6.07, 6.45) is 0. The zero-order chi connectivity index (χ0) is 14.7. The van der Waals surface area contributed by atoms with Crippen LogP contribution in [-0.4, -0.2) is 16.2 Å². The third kappa shape index (κ3) is 3.33. The Bertz CT molecular complexity index is 659. The molecule has 0 aliphatic heterocycles. The van der Waals surface area contributed by atoms with Crippen molar-refractivity contribution in [2.75, 3.05) is 0 Å². The number of benzene rings is 1. The fraction of sp³-hybridized carbons (Fsp3) is 0.375. The summed E-state index contributed by atoms with van der Waals surface area (Å²) in [5, 5.41) is 10.0. The molecule has 2 N–H and O–H groups in total. The predicted molar refractivity (Wildman–Crippen MR) is 81.7 cm³/mol. The van der Waals surface area contributed by atoms with E-state index in [4.69, 9.17) is 0 Å². The van der Waals surface area contributed by atoms with Gasteiger partial charge in [-0.3, -0.25) is 4.79 Å². The molecule has 20 heavy (non-hydrogen) atoms. The summed E-state index contributed by atoms with van der Waals surface area (Å²) in [5.74, 6) is 0. The van der Waals surface area contributed by atoms with Gasteiger partial charge in [-0.05, 0) is 31.5 Å². The maximum absolute atomic E-state index is 11.8. The van der Waals surface area contributed by atoms with Crippen LogP contribution in [0.3, 0.4) is 0 Å². The number of hydrogen-bond acceptors (Lipinski definition) is 3. The van der Waals surface area contributed by atoms with Gasteiger partial charge in [0.1, 0.15) is 0 Å². The molecular formula is C16H21N3O. The fourth-order valence-corrected chi connectivity index (χ4v) is 2.04. The quantitative estimate of drug-likeness (QED) is 0.898. The molecule has 1 aromatic heterocycles. The number of aryl methyl sites for hydroxylation is 2. The number of rotatable bonds is 4. The normalized spacial score (nSPS) is 11.1. The molecule has 106 valence electrons. The van der Waals surface area contributed by atoms with Gasteiger partial charge < -0.3 is 5.32 Å². The van der Waals surface area contributed by atoms with Gasteiger partial charge in [0.15, 0.2) is 0 Å². The van der Waals surface area contributed by atoms with Crippen LogP contribution in [0, 0.1) is 13.8 Å². The van der Waals surface area contributed by atoms with Crippen molar-refractivity contribution in [3.8, 4) is 11.3 Å². The number of H-pyrrole nitrogens is 1.